The number of carbonyl (C=O) groups is 2. The van der Waals surface area contributed by atoms with Gasteiger partial charge in [0.1, 0.15) is 0 Å². The van der Waals surface area contributed by atoms with Crippen molar-refractivity contribution in [3.63, 3.8) is 0 Å². The molecule has 3 amide bonds. The number of carbonyl (C=O) groups excluding carboxylic acids is 2. The van der Waals surface area contributed by atoms with Crippen molar-refractivity contribution in [1.29, 1.82) is 0 Å². The molecule has 150 valence electrons. The van der Waals surface area contributed by atoms with E-state index in [-0.39, 0.29) is 11.9 Å². The van der Waals surface area contributed by atoms with E-state index in [0.717, 1.165) is 54.0 Å². The van der Waals surface area contributed by atoms with E-state index >= 15 is 0 Å². The van der Waals surface area contributed by atoms with Crippen LogP contribution in [0.25, 0.3) is 10.2 Å². The number of benzene rings is 1. The number of urea groups is 1. The zero-order chi connectivity index (χ0) is 19.5. The lowest BCUT2D eigenvalue weighted by Gasteiger charge is -2.31. The van der Waals surface area contributed by atoms with Gasteiger partial charge in [0.25, 0.3) is 0 Å². The van der Waals surface area contributed by atoms with Gasteiger partial charge in [-0.15, -0.1) is 11.3 Å². The Balaban J connectivity index is 1.24. The maximum atomic E-state index is 12.4. The summed E-state index contributed by atoms with van der Waals surface area (Å²) in [4.78, 5) is 32.9. The van der Waals surface area contributed by atoms with Gasteiger partial charge in [0.2, 0.25) is 5.91 Å². The fourth-order valence-electron chi connectivity index (χ4n) is 3.94. The van der Waals surface area contributed by atoms with Crippen LogP contribution in [-0.4, -0.2) is 59.4 Å². The van der Waals surface area contributed by atoms with Crippen molar-refractivity contribution in [3.05, 3.63) is 28.2 Å². The normalized spacial score (nSPS) is 18.0. The Morgan fingerprint density at radius 3 is 2.64 bits per heavy atom. The first kappa shape index (κ1) is 19.5. The molecule has 0 unspecified atom stereocenters. The van der Waals surface area contributed by atoms with Crippen LogP contribution in [0.3, 0.4) is 0 Å². The average Bonchev–Trinajstić information content (AvgIpc) is 3.37. The van der Waals surface area contributed by atoms with Crippen molar-refractivity contribution in [1.82, 2.24) is 20.1 Å². The molecule has 2 saturated heterocycles. The van der Waals surface area contributed by atoms with Crippen molar-refractivity contribution < 1.29 is 9.59 Å². The zero-order valence-corrected chi connectivity index (χ0v) is 17.4. The van der Waals surface area contributed by atoms with E-state index in [0.29, 0.717) is 37.0 Å². The first-order valence-corrected chi connectivity index (χ1v) is 11.2. The highest BCUT2D eigenvalue weighted by molar-refractivity contribution is 7.18. The van der Waals surface area contributed by atoms with E-state index < -0.39 is 0 Å². The summed E-state index contributed by atoms with van der Waals surface area (Å²) in [6, 6.07) is 5.75. The van der Waals surface area contributed by atoms with Crippen LogP contribution in [0.15, 0.2) is 18.2 Å². The number of rotatable bonds is 4. The van der Waals surface area contributed by atoms with E-state index in [9.17, 15) is 9.59 Å². The van der Waals surface area contributed by atoms with E-state index in [2.05, 4.69) is 5.32 Å². The number of likely N-dealkylation sites (tertiary alicyclic amines) is 2. The number of halogens is 1. The highest BCUT2D eigenvalue weighted by atomic mass is 35.5. The van der Waals surface area contributed by atoms with Gasteiger partial charge in [0.05, 0.1) is 15.2 Å². The summed E-state index contributed by atoms with van der Waals surface area (Å²) in [5.74, 6) is 0.532. The van der Waals surface area contributed by atoms with Crippen LogP contribution >= 0.6 is 22.9 Å². The number of hydrogen-bond acceptors (Lipinski definition) is 4. The molecule has 0 aliphatic carbocycles. The Morgan fingerprint density at radius 2 is 1.89 bits per heavy atom. The quantitative estimate of drug-likeness (QED) is 0.816. The van der Waals surface area contributed by atoms with Gasteiger partial charge in [0, 0.05) is 50.1 Å². The molecule has 4 rings (SSSR count). The summed E-state index contributed by atoms with van der Waals surface area (Å²) in [5.41, 5.74) is 0.954. The molecule has 2 aliphatic heterocycles. The van der Waals surface area contributed by atoms with Crippen LogP contribution in [0.1, 0.15) is 43.0 Å². The van der Waals surface area contributed by atoms with Gasteiger partial charge in [-0.2, -0.15) is 0 Å². The van der Waals surface area contributed by atoms with Crippen LogP contribution < -0.4 is 5.32 Å². The van der Waals surface area contributed by atoms with Gasteiger partial charge >= 0.3 is 6.03 Å². The number of amides is 3. The summed E-state index contributed by atoms with van der Waals surface area (Å²) < 4.78 is 1.15. The molecular formula is C20H25ClN4O2S. The van der Waals surface area contributed by atoms with Crippen LogP contribution in [-0.2, 0) is 4.79 Å². The fourth-order valence-corrected chi connectivity index (χ4v) is 5.22. The smallest absolute Gasteiger partial charge is 0.317 e. The lowest BCUT2D eigenvalue weighted by atomic mass is 9.98. The number of hydrogen-bond donors (Lipinski definition) is 1. The van der Waals surface area contributed by atoms with E-state index in [1.165, 1.54) is 0 Å². The SMILES string of the molecule is O=C(CCNC(=O)N1CCC(c2nc3cc(Cl)ccc3s2)CC1)N1CCCC1. The van der Waals surface area contributed by atoms with Crippen molar-refractivity contribution >= 4 is 45.1 Å². The Labute approximate surface area is 173 Å². The standard InChI is InChI=1S/C20H25ClN4O2S/c21-15-3-4-17-16(13-15)23-19(28-17)14-6-11-25(12-7-14)20(27)22-8-5-18(26)24-9-1-2-10-24/h3-4,13-14H,1-2,5-12H2,(H,22,27). The molecule has 3 heterocycles. The van der Waals surface area contributed by atoms with Crippen LogP contribution in [0.4, 0.5) is 4.79 Å². The fraction of sp³-hybridized carbons (Fsp3) is 0.550. The van der Waals surface area contributed by atoms with Crippen molar-refractivity contribution in [2.75, 3.05) is 32.7 Å². The predicted molar refractivity (Wildman–Crippen MR) is 112 cm³/mol. The number of aromatic nitrogens is 1. The van der Waals surface area contributed by atoms with Gasteiger partial charge in [-0.05, 0) is 43.9 Å². The molecule has 6 nitrogen and oxygen atoms in total. The molecular weight excluding hydrogens is 396 g/mol. The van der Waals surface area contributed by atoms with Crippen LogP contribution in [0.2, 0.25) is 5.02 Å². The molecule has 1 aromatic heterocycles. The molecule has 1 aromatic carbocycles. The third-order valence-corrected chi connectivity index (χ3v) is 7.01. The molecule has 2 aliphatic rings. The molecule has 0 spiro atoms. The summed E-state index contributed by atoms with van der Waals surface area (Å²) in [6.45, 7) is 3.56. The minimum absolute atomic E-state index is 0.0660. The van der Waals surface area contributed by atoms with Gasteiger partial charge in [0.15, 0.2) is 0 Å². The summed E-state index contributed by atoms with van der Waals surface area (Å²) in [7, 11) is 0. The zero-order valence-electron chi connectivity index (χ0n) is 15.8. The second-order valence-corrected chi connectivity index (χ2v) is 8.99. The Hall–Kier alpha value is -1.86. The Kier molecular flexibility index (Phi) is 6.01. The molecule has 28 heavy (non-hydrogen) atoms. The molecule has 0 saturated carbocycles. The minimum atomic E-state index is -0.0660. The third kappa shape index (κ3) is 4.41. The van der Waals surface area contributed by atoms with Crippen molar-refractivity contribution in [3.8, 4) is 0 Å². The highest BCUT2D eigenvalue weighted by Gasteiger charge is 2.26. The second kappa shape index (κ2) is 8.66. The topological polar surface area (TPSA) is 65.5 Å². The molecule has 0 bridgehead atoms. The van der Waals surface area contributed by atoms with E-state index in [1.54, 1.807) is 11.3 Å². The van der Waals surface area contributed by atoms with Gasteiger partial charge in [-0.1, -0.05) is 11.6 Å². The largest absolute Gasteiger partial charge is 0.343 e. The summed E-state index contributed by atoms with van der Waals surface area (Å²) in [5, 5.41) is 4.74. The molecule has 2 aromatic rings. The van der Waals surface area contributed by atoms with Gasteiger partial charge in [-0.25, -0.2) is 9.78 Å². The molecule has 0 radical (unpaired) electrons. The maximum absolute atomic E-state index is 12.4. The Morgan fingerprint density at radius 1 is 1.14 bits per heavy atom. The molecule has 8 heteroatoms. The van der Waals surface area contributed by atoms with E-state index in [1.807, 2.05) is 28.0 Å². The van der Waals surface area contributed by atoms with Crippen LogP contribution in [0.5, 0.6) is 0 Å². The van der Waals surface area contributed by atoms with Gasteiger partial charge < -0.3 is 15.1 Å². The van der Waals surface area contributed by atoms with Crippen molar-refractivity contribution in [2.45, 2.75) is 38.0 Å². The number of fused-ring (bicyclic) bond motifs is 1. The summed E-state index contributed by atoms with van der Waals surface area (Å²) in [6.07, 6.45) is 4.39. The second-order valence-electron chi connectivity index (χ2n) is 7.50. The lowest BCUT2D eigenvalue weighted by molar-refractivity contribution is -0.129. The van der Waals surface area contributed by atoms with E-state index in [4.69, 9.17) is 16.6 Å². The molecule has 1 N–H and O–H groups in total. The Bertz CT molecular complexity index is 857. The summed E-state index contributed by atoms with van der Waals surface area (Å²) >= 11 is 7.78. The monoisotopic (exact) mass is 420 g/mol. The van der Waals surface area contributed by atoms with Crippen LogP contribution in [0, 0.1) is 0 Å². The number of thiazole rings is 1. The predicted octanol–water partition coefficient (Wildman–Crippen LogP) is 3.85. The average molecular weight is 421 g/mol. The maximum Gasteiger partial charge on any atom is 0.317 e. The first-order chi connectivity index (χ1) is 13.6. The minimum Gasteiger partial charge on any atom is -0.343 e. The van der Waals surface area contributed by atoms with Crippen molar-refractivity contribution in [2.24, 2.45) is 0 Å². The first-order valence-electron chi connectivity index (χ1n) is 9.97. The number of nitrogens with one attached hydrogen (secondary N) is 1. The van der Waals surface area contributed by atoms with Gasteiger partial charge in [-0.3, -0.25) is 4.79 Å². The molecule has 0 atom stereocenters. The number of nitrogens with zero attached hydrogens (tertiary/aromatic N) is 3. The lowest BCUT2D eigenvalue weighted by Crippen LogP contribution is -2.45. The molecule has 2 fully saturated rings. The number of piperidine rings is 1. The highest BCUT2D eigenvalue weighted by Crippen LogP contribution is 2.34. The third-order valence-electron chi connectivity index (χ3n) is 5.57.